The molecule has 8 heteroatoms. The van der Waals surface area contributed by atoms with Crippen LogP contribution in [0, 0.1) is 11.3 Å². The van der Waals surface area contributed by atoms with Gasteiger partial charge in [0.25, 0.3) is 5.91 Å². The molecule has 1 aromatic rings. The van der Waals surface area contributed by atoms with E-state index in [1.165, 1.54) is 12.1 Å². The van der Waals surface area contributed by atoms with E-state index in [0.29, 0.717) is 12.5 Å². The number of nitrogens with one attached hydrogen (secondary N) is 1. The van der Waals surface area contributed by atoms with E-state index in [1.54, 1.807) is 0 Å². The molecule has 0 bridgehead atoms. The van der Waals surface area contributed by atoms with Gasteiger partial charge in [0.15, 0.2) is 0 Å². The quantitative estimate of drug-likeness (QED) is 0.601. The Kier molecular flexibility index (Phi) is 8.10. The van der Waals surface area contributed by atoms with Gasteiger partial charge in [0.05, 0.1) is 5.56 Å². The maximum atomic E-state index is 12.8. The van der Waals surface area contributed by atoms with Gasteiger partial charge in [-0.3, -0.25) is 9.10 Å². The Morgan fingerprint density at radius 2 is 1.83 bits per heavy atom. The molecule has 4 nitrogen and oxygen atoms in total. The second-order valence-corrected chi connectivity index (χ2v) is 9.72. The Labute approximate surface area is 181 Å². The number of rotatable bonds is 7. The molecule has 2 fully saturated rings. The van der Waals surface area contributed by atoms with Crippen molar-refractivity contribution in [2.45, 2.75) is 45.2 Å². The van der Waals surface area contributed by atoms with E-state index in [0.717, 1.165) is 76.3 Å². The average molecular weight is 445 g/mol. The van der Waals surface area contributed by atoms with Crippen molar-refractivity contribution in [2.24, 2.45) is 11.3 Å². The van der Waals surface area contributed by atoms with E-state index >= 15 is 0 Å². The first-order valence-corrected chi connectivity index (χ1v) is 11.7. The molecule has 2 saturated heterocycles. The number of alkyl halides is 3. The number of carbonyl (C=O) groups is 1. The Bertz CT molecular complexity index is 683. The molecule has 0 atom stereocenters. The van der Waals surface area contributed by atoms with Crippen LogP contribution >= 0.6 is 11.9 Å². The number of amides is 1. The van der Waals surface area contributed by atoms with Gasteiger partial charge in [-0.05, 0) is 67.7 Å². The maximum absolute atomic E-state index is 12.8. The molecule has 1 amide bonds. The molecule has 0 aliphatic carbocycles. The van der Waals surface area contributed by atoms with Crippen LogP contribution in [0.5, 0.6) is 0 Å². The monoisotopic (exact) mass is 444 g/mol. The summed E-state index contributed by atoms with van der Waals surface area (Å²) in [5.41, 5.74) is -0.437. The molecule has 0 unspecified atom stereocenters. The highest BCUT2D eigenvalue weighted by molar-refractivity contribution is 7.96. The van der Waals surface area contributed by atoms with Gasteiger partial charge in [0.2, 0.25) is 0 Å². The Hall–Kier alpha value is -1.25. The van der Waals surface area contributed by atoms with Crippen molar-refractivity contribution >= 4 is 17.9 Å². The molecule has 3 rings (SSSR count). The van der Waals surface area contributed by atoms with Gasteiger partial charge < -0.3 is 10.1 Å². The average Bonchev–Trinajstić information content (AvgIpc) is 2.74. The maximum Gasteiger partial charge on any atom is 0.416 e. The number of ether oxygens (including phenoxy) is 1. The molecule has 0 radical (unpaired) electrons. The Morgan fingerprint density at radius 1 is 1.20 bits per heavy atom. The molecule has 2 aliphatic heterocycles. The summed E-state index contributed by atoms with van der Waals surface area (Å²) in [7, 11) is 0. The number of hydrogen-bond acceptors (Lipinski definition) is 4. The van der Waals surface area contributed by atoms with Crippen LogP contribution < -0.4 is 5.32 Å². The number of halogens is 3. The zero-order valence-corrected chi connectivity index (χ0v) is 18.3. The van der Waals surface area contributed by atoms with Crippen molar-refractivity contribution in [2.75, 3.05) is 38.6 Å². The summed E-state index contributed by atoms with van der Waals surface area (Å²) in [6, 6.07) is 4.44. The molecule has 168 valence electrons. The lowest BCUT2D eigenvalue weighted by Crippen LogP contribution is -2.46. The smallest absolute Gasteiger partial charge is 0.381 e. The van der Waals surface area contributed by atoms with E-state index in [9.17, 15) is 18.0 Å². The molecule has 1 aromatic carbocycles. The minimum Gasteiger partial charge on any atom is -0.381 e. The molecular formula is C22H31F3N2O2S. The fourth-order valence-corrected chi connectivity index (χ4v) is 5.27. The van der Waals surface area contributed by atoms with Crippen LogP contribution in [0.3, 0.4) is 0 Å². The minimum absolute atomic E-state index is 0.0361. The molecule has 0 spiro atoms. The van der Waals surface area contributed by atoms with Crippen LogP contribution in [0.2, 0.25) is 0 Å². The van der Waals surface area contributed by atoms with Crippen LogP contribution in [-0.2, 0) is 10.9 Å². The summed E-state index contributed by atoms with van der Waals surface area (Å²) in [4.78, 5) is 12.6. The molecule has 0 aromatic heterocycles. The highest BCUT2D eigenvalue weighted by Gasteiger charge is 2.37. The first-order chi connectivity index (χ1) is 14.3. The Balaban J connectivity index is 1.63. The molecule has 0 saturated carbocycles. The zero-order valence-electron chi connectivity index (χ0n) is 17.5. The Morgan fingerprint density at radius 3 is 2.40 bits per heavy atom. The highest BCUT2D eigenvalue weighted by Crippen LogP contribution is 2.41. The number of benzene rings is 1. The molecule has 2 heterocycles. The van der Waals surface area contributed by atoms with E-state index in [1.807, 2.05) is 11.9 Å². The van der Waals surface area contributed by atoms with E-state index in [4.69, 9.17) is 4.74 Å². The van der Waals surface area contributed by atoms with E-state index in [-0.39, 0.29) is 16.9 Å². The van der Waals surface area contributed by atoms with Crippen LogP contribution in [0.25, 0.3) is 0 Å². The minimum atomic E-state index is -4.40. The van der Waals surface area contributed by atoms with E-state index in [2.05, 4.69) is 16.5 Å². The van der Waals surface area contributed by atoms with Crippen molar-refractivity contribution in [3.05, 3.63) is 35.4 Å². The predicted molar refractivity (Wildman–Crippen MR) is 113 cm³/mol. The van der Waals surface area contributed by atoms with Crippen LogP contribution in [-0.4, -0.2) is 48.8 Å². The van der Waals surface area contributed by atoms with Gasteiger partial charge in [-0.1, -0.05) is 18.9 Å². The van der Waals surface area contributed by atoms with E-state index < -0.39 is 11.7 Å². The zero-order chi connectivity index (χ0) is 21.6. The largest absolute Gasteiger partial charge is 0.416 e. The fraction of sp³-hybridized carbons (Fsp3) is 0.682. The lowest BCUT2D eigenvalue weighted by atomic mass is 9.71. The topological polar surface area (TPSA) is 41.6 Å². The molecule has 30 heavy (non-hydrogen) atoms. The van der Waals surface area contributed by atoms with Crippen LogP contribution in [0.4, 0.5) is 13.2 Å². The molecule has 1 N–H and O–H groups in total. The van der Waals surface area contributed by atoms with Gasteiger partial charge in [0, 0.05) is 44.2 Å². The third-order valence-corrected chi connectivity index (χ3v) is 7.24. The number of piperidine rings is 1. The lowest BCUT2D eigenvalue weighted by Gasteiger charge is -2.44. The third kappa shape index (κ3) is 6.37. The highest BCUT2D eigenvalue weighted by atomic mass is 32.2. The predicted octanol–water partition coefficient (Wildman–Crippen LogP) is 5.00. The van der Waals surface area contributed by atoms with Gasteiger partial charge in [-0.25, -0.2) is 0 Å². The normalized spacial score (nSPS) is 20.8. The SMILES string of the molecule is CCSN1CCC(CNC(=O)c2ccc(C(F)(F)F)cc2)(CC2CCOCC2)CC1. The van der Waals surface area contributed by atoms with Crippen LogP contribution in [0.15, 0.2) is 24.3 Å². The second kappa shape index (κ2) is 10.4. The summed E-state index contributed by atoms with van der Waals surface area (Å²) < 4.78 is 46.2. The van der Waals surface area contributed by atoms with Crippen molar-refractivity contribution in [1.29, 1.82) is 0 Å². The lowest BCUT2D eigenvalue weighted by molar-refractivity contribution is -0.137. The van der Waals surface area contributed by atoms with Crippen molar-refractivity contribution < 1.29 is 22.7 Å². The van der Waals surface area contributed by atoms with Gasteiger partial charge >= 0.3 is 6.18 Å². The number of hydrogen-bond donors (Lipinski definition) is 1. The van der Waals surface area contributed by atoms with Gasteiger partial charge in [0.1, 0.15) is 0 Å². The molecule has 2 aliphatic rings. The summed E-state index contributed by atoms with van der Waals surface area (Å²) in [5.74, 6) is 1.35. The number of carbonyl (C=O) groups excluding carboxylic acids is 1. The van der Waals surface area contributed by atoms with Gasteiger partial charge in [-0.15, -0.1) is 0 Å². The standard InChI is InChI=1S/C22H31F3N2O2S/c1-2-30-27-11-9-21(10-12-27,15-17-7-13-29-14-8-17)16-26-20(28)18-3-5-19(6-4-18)22(23,24)25/h3-6,17H,2,7-16H2,1H3,(H,26,28). The number of nitrogens with zero attached hydrogens (tertiary/aromatic N) is 1. The first-order valence-electron chi connectivity index (χ1n) is 10.7. The van der Waals surface area contributed by atoms with Crippen molar-refractivity contribution in [3.63, 3.8) is 0 Å². The fourth-order valence-electron chi connectivity index (χ4n) is 4.47. The molecular weight excluding hydrogens is 413 g/mol. The van der Waals surface area contributed by atoms with Crippen molar-refractivity contribution in [3.8, 4) is 0 Å². The summed E-state index contributed by atoms with van der Waals surface area (Å²) in [5, 5.41) is 3.03. The summed E-state index contributed by atoms with van der Waals surface area (Å²) in [6.45, 7) is 6.32. The first kappa shape index (κ1) is 23.4. The summed E-state index contributed by atoms with van der Waals surface area (Å²) >= 11 is 1.86. The summed E-state index contributed by atoms with van der Waals surface area (Å²) in [6.07, 6.45) is 0.820. The van der Waals surface area contributed by atoms with Gasteiger partial charge in [-0.2, -0.15) is 13.2 Å². The van der Waals surface area contributed by atoms with Crippen molar-refractivity contribution in [1.82, 2.24) is 9.62 Å². The second-order valence-electron chi connectivity index (χ2n) is 8.36. The van der Waals surface area contributed by atoms with Crippen LogP contribution in [0.1, 0.15) is 54.9 Å². The third-order valence-electron chi connectivity index (χ3n) is 6.26.